The molecule has 3 aromatic rings. The topological polar surface area (TPSA) is 74.8 Å². The molecule has 1 aromatic heterocycles. The second-order valence-corrected chi connectivity index (χ2v) is 4.46. The molecule has 0 fully saturated rings. The minimum Gasteiger partial charge on any atom is -0.440 e. The summed E-state index contributed by atoms with van der Waals surface area (Å²) in [6.07, 6.45) is 0.668. The highest BCUT2D eigenvalue weighted by Crippen LogP contribution is 2.19. The monoisotopic (exact) mass is 264 g/mol. The molecule has 0 spiro atoms. The lowest BCUT2D eigenvalue weighted by Gasteiger charge is -1.94. The molecule has 0 radical (unpaired) electrons. The molecule has 1 heterocycles. The summed E-state index contributed by atoms with van der Waals surface area (Å²) in [5, 5.41) is 3.55. The Morgan fingerprint density at radius 3 is 2.75 bits per heavy atom. The molecule has 0 bridgehead atoms. The Morgan fingerprint density at radius 2 is 1.95 bits per heavy atom. The van der Waals surface area contributed by atoms with Gasteiger partial charge in [-0.3, -0.25) is 0 Å². The molecule has 0 atom stereocenters. The molecular formula is C15H12N4O. The van der Waals surface area contributed by atoms with E-state index in [2.05, 4.69) is 15.0 Å². The fourth-order valence-corrected chi connectivity index (χ4v) is 2.08. The van der Waals surface area contributed by atoms with Gasteiger partial charge in [0.25, 0.3) is 0 Å². The molecule has 0 aliphatic carbocycles. The Morgan fingerprint density at radius 1 is 1.10 bits per heavy atom. The van der Waals surface area contributed by atoms with E-state index < -0.39 is 0 Å². The van der Waals surface area contributed by atoms with Crippen LogP contribution in [0.4, 0.5) is 0 Å². The summed E-state index contributed by atoms with van der Waals surface area (Å²) in [6, 6.07) is 15.7. The van der Waals surface area contributed by atoms with Gasteiger partial charge in [-0.2, -0.15) is 0 Å². The van der Waals surface area contributed by atoms with Crippen LogP contribution < -0.4 is 0 Å². The largest absolute Gasteiger partial charge is 0.440 e. The zero-order chi connectivity index (χ0) is 13.8. The maximum Gasteiger partial charge on any atom is 0.199 e. The Labute approximate surface area is 115 Å². The first-order valence-corrected chi connectivity index (χ1v) is 6.28. The van der Waals surface area contributed by atoms with Crippen molar-refractivity contribution in [2.45, 2.75) is 13.0 Å². The lowest BCUT2D eigenvalue weighted by Crippen LogP contribution is -1.86. The summed E-state index contributed by atoms with van der Waals surface area (Å²) >= 11 is 0. The van der Waals surface area contributed by atoms with Gasteiger partial charge in [0, 0.05) is 11.3 Å². The lowest BCUT2D eigenvalue weighted by atomic mass is 10.1. The number of oxazole rings is 1. The maximum atomic E-state index is 8.33. The zero-order valence-corrected chi connectivity index (χ0v) is 10.7. The number of benzene rings is 2. The van der Waals surface area contributed by atoms with Crippen molar-refractivity contribution in [2.24, 2.45) is 5.11 Å². The highest BCUT2D eigenvalue weighted by Gasteiger charge is 2.07. The van der Waals surface area contributed by atoms with Gasteiger partial charge in [-0.1, -0.05) is 41.5 Å². The van der Waals surface area contributed by atoms with Gasteiger partial charge in [-0.05, 0) is 28.8 Å². The zero-order valence-electron chi connectivity index (χ0n) is 10.7. The van der Waals surface area contributed by atoms with Crippen LogP contribution in [-0.2, 0) is 13.0 Å². The fraction of sp³-hybridized carbons (Fsp3) is 0.133. The van der Waals surface area contributed by atoms with Crippen LogP contribution in [-0.4, -0.2) is 4.98 Å². The van der Waals surface area contributed by atoms with Gasteiger partial charge in [0.2, 0.25) is 0 Å². The predicted molar refractivity (Wildman–Crippen MR) is 76.1 cm³/mol. The molecule has 0 aliphatic heterocycles. The molecule has 2 aromatic carbocycles. The van der Waals surface area contributed by atoms with Crippen LogP contribution in [0, 0.1) is 0 Å². The van der Waals surface area contributed by atoms with Crippen molar-refractivity contribution in [3.05, 3.63) is 76.0 Å². The van der Waals surface area contributed by atoms with E-state index in [4.69, 9.17) is 9.95 Å². The van der Waals surface area contributed by atoms with E-state index >= 15 is 0 Å². The number of rotatable bonds is 4. The van der Waals surface area contributed by atoms with E-state index in [0.29, 0.717) is 18.9 Å². The minimum atomic E-state index is 0.327. The van der Waals surface area contributed by atoms with Crippen LogP contribution in [0.2, 0.25) is 0 Å². The van der Waals surface area contributed by atoms with Crippen LogP contribution in [0.15, 0.2) is 58.1 Å². The third-order valence-electron chi connectivity index (χ3n) is 3.01. The summed E-state index contributed by atoms with van der Waals surface area (Å²) in [7, 11) is 0. The highest BCUT2D eigenvalue weighted by molar-refractivity contribution is 5.73. The van der Waals surface area contributed by atoms with E-state index in [1.54, 1.807) is 0 Å². The molecule has 0 saturated carbocycles. The average molecular weight is 264 g/mol. The molecule has 0 N–H and O–H groups in total. The fourth-order valence-electron chi connectivity index (χ4n) is 2.08. The van der Waals surface area contributed by atoms with Gasteiger partial charge in [-0.15, -0.1) is 0 Å². The number of azide groups is 1. The summed E-state index contributed by atoms with van der Waals surface area (Å²) in [4.78, 5) is 7.23. The Hall–Kier alpha value is -2.78. The molecule has 98 valence electrons. The number of aromatic nitrogens is 1. The first-order chi connectivity index (χ1) is 9.85. The Balaban J connectivity index is 1.88. The van der Waals surface area contributed by atoms with E-state index in [1.165, 1.54) is 0 Å². The first kappa shape index (κ1) is 12.3. The van der Waals surface area contributed by atoms with Crippen LogP contribution in [0.5, 0.6) is 0 Å². The standard InChI is InChI=1S/C15H12N4O/c16-19-17-10-12-6-7-14-13(8-12)18-15(20-14)9-11-4-2-1-3-5-11/h1-8H,9-10H2. The van der Waals surface area contributed by atoms with Gasteiger partial charge in [0.15, 0.2) is 11.5 Å². The Bertz CT molecular complexity index is 773. The minimum absolute atomic E-state index is 0.327. The molecule has 0 unspecified atom stereocenters. The van der Waals surface area contributed by atoms with E-state index in [9.17, 15) is 0 Å². The van der Waals surface area contributed by atoms with Crippen LogP contribution >= 0.6 is 0 Å². The van der Waals surface area contributed by atoms with Gasteiger partial charge in [0.05, 0.1) is 6.54 Å². The SMILES string of the molecule is [N-]=[N+]=NCc1ccc2oc(Cc3ccccc3)nc2c1. The lowest BCUT2D eigenvalue weighted by molar-refractivity contribution is 0.544. The molecule has 3 rings (SSSR count). The quantitative estimate of drug-likeness (QED) is 0.401. The molecule has 20 heavy (non-hydrogen) atoms. The van der Waals surface area contributed by atoms with Crippen molar-refractivity contribution < 1.29 is 4.42 Å². The van der Waals surface area contributed by atoms with Crippen molar-refractivity contribution >= 4 is 11.1 Å². The van der Waals surface area contributed by atoms with Gasteiger partial charge < -0.3 is 4.42 Å². The highest BCUT2D eigenvalue weighted by atomic mass is 16.3. The van der Waals surface area contributed by atoms with E-state index in [0.717, 1.165) is 22.2 Å². The molecule has 0 aliphatic rings. The van der Waals surface area contributed by atoms with E-state index in [-0.39, 0.29) is 0 Å². The van der Waals surface area contributed by atoms with Crippen molar-refractivity contribution in [2.75, 3.05) is 0 Å². The summed E-state index contributed by atoms with van der Waals surface area (Å²) in [5.41, 5.74) is 12.0. The predicted octanol–water partition coefficient (Wildman–Crippen LogP) is 4.23. The van der Waals surface area contributed by atoms with Crippen LogP contribution in [0.1, 0.15) is 17.0 Å². The van der Waals surface area contributed by atoms with E-state index in [1.807, 2.05) is 48.5 Å². The second kappa shape index (κ2) is 5.47. The number of hydrogen-bond acceptors (Lipinski definition) is 3. The van der Waals surface area contributed by atoms with Crippen LogP contribution in [0.3, 0.4) is 0 Å². The summed E-state index contributed by atoms with van der Waals surface area (Å²) < 4.78 is 5.72. The van der Waals surface area contributed by atoms with Crippen molar-refractivity contribution in [3.8, 4) is 0 Å². The Kier molecular flexibility index (Phi) is 3.35. The number of hydrogen-bond donors (Lipinski definition) is 0. The van der Waals surface area contributed by atoms with Crippen molar-refractivity contribution in [1.82, 2.24) is 4.98 Å². The third-order valence-corrected chi connectivity index (χ3v) is 3.01. The van der Waals surface area contributed by atoms with Gasteiger partial charge >= 0.3 is 0 Å². The summed E-state index contributed by atoms with van der Waals surface area (Å²) in [6.45, 7) is 0.327. The molecule has 5 heteroatoms. The van der Waals surface area contributed by atoms with Crippen molar-refractivity contribution in [1.29, 1.82) is 0 Å². The second-order valence-electron chi connectivity index (χ2n) is 4.46. The molecule has 0 saturated heterocycles. The molecule has 0 amide bonds. The van der Waals surface area contributed by atoms with Crippen molar-refractivity contribution in [3.63, 3.8) is 0 Å². The summed E-state index contributed by atoms with van der Waals surface area (Å²) in [5.74, 6) is 0.687. The third kappa shape index (κ3) is 2.63. The number of fused-ring (bicyclic) bond motifs is 1. The first-order valence-electron chi connectivity index (χ1n) is 6.28. The van der Waals surface area contributed by atoms with Gasteiger partial charge in [0.1, 0.15) is 5.52 Å². The maximum absolute atomic E-state index is 8.33. The normalized spacial score (nSPS) is 10.4. The molecule has 5 nitrogen and oxygen atoms in total. The number of nitrogens with zero attached hydrogens (tertiary/aromatic N) is 4. The van der Waals surface area contributed by atoms with Crippen LogP contribution in [0.25, 0.3) is 21.5 Å². The average Bonchev–Trinajstić information content (AvgIpc) is 2.87. The van der Waals surface area contributed by atoms with Gasteiger partial charge in [-0.25, -0.2) is 4.98 Å². The smallest absolute Gasteiger partial charge is 0.199 e. The molecular weight excluding hydrogens is 252 g/mol.